The van der Waals surface area contributed by atoms with Gasteiger partial charge in [0.05, 0.1) is 18.4 Å². The molecule has 0 aromatic carbocycles. The zero-order chi connectivity index (χ0) is 9.68. The number of rotatable bonds is 2. The van der Waals surface area contributed by atoms with Crippen LogP contribution in [0.1, 0.15) is 12.6 Å². The van der Waals surface area contributed by atoms with Crippen LogP contribution in [-0.2, 0) is 18.4 Å². The zero-order valence-electron chi connectivity index (χ0n) is 7.53. The van der Waals surface area contributed by atoms with Crippen molar-refractivity contribution in [3.63, 3.8) is 0 Å². The molecule has 0 spiro atoms. The normalized spacial score (nSPS) is 8.77. The molecule has 1 rings (SSSR count). The fourth-order valence-corrected chi connectivity index (χ4v) is 0.800. The molecule has 5 heteroatoms. The Morgan fingerprint density at radius 1 is 1.77 bits per heavy atom. The van der Waals surface area contributed by atoms with Gasteiger partial charge in [-0.05, 0) is 12.8 Å². The Labute approximate surface area is 76.1 Å². The molecule has 13 heavy (non-hydrogen) atoms. The number of nitrogens with zero attached hydrogens (tertiary/aromatic N) is 3. The van der Waals surface area contributed by atoms with E-state index in [9.17, 15) is 4.79 Å². The van der Waals surface area contributed by atoms with Crippen LogP contribution in [0.25, 0.3) is 0 Å². The Morgan fingerprint density at radius 3 is 3.08 bits per heavy atom. The van der Waals surface area contributed by atoms with Gasteiger partial charge in [-0.3, -0.25) is 9.48 Å². The zero-order valence-corrected chi connectivity index (χ0v) is 7.53. The van der Waals surface area contributed by atoms with Crippen molar-refractivity contribution in [2.24, 2.45) is 7.05 Å². The lowest BCUT2D eigenvalue weighted by Gasteiger charge is -1.99. The van der Waals surface area contributed by atoms with E-state index in [1.165, 1.54) is 0 Å². The topological polar surface area (TPSA) is 59.8 Å². The number of aromatic nitrogens is 3. The highest BCUT2D eigenvalue weighted by Gasteiger charge is 2.00. The summed E-state index contributed by atoms with van der Waals surface area (Å²) in [5.41, 5.74) is 0.839. The largest absolute Gasteiger partial charge is 0.340 e. The van der Waals surface area contributed by atoms with Crippen molar-refractivity contribution >= 4 is 5.91 Å². The van der Waals surface area contributed by atoms with E-state index in [2.05, 4.69) is 27.5 Å². The molecule has 0 unspecified atom stereocenters. The van der Waals surface area contributed by atoms with Crippen molar-refractivity contribution in [1.82, 2.24) is 20.3 Å². The Bertz CT molecular complexity index is 358. The summed E-state index contributed by atoms with van der Waals surface area (Å²) in [6.07, 6.45) is 1.60. The van der Waals surface area contributed by atoms with E-state index in [0.717, 1.165) is 5.69 Å². The standard InChI is InChI=1S/C8H10N4O/c1-3-4-8(13)9-5-7-6-10-11-12(7)2/h6H,5H2,1-2H3,(H,9,13). The molecule has 5 nitrogen and oxygen atoms in total. The van der Waals surface area contributed by atoms with Crippen LogP contribution in [0, 0.1) is 11.8 Å². The highest BCUT2D eigenvalue weighted by Crippen LogP contribution is 1.90. The lowest BCUT2D eigenvalue weighted by molar-refractivity contribution is -0.115. The van der Waals surface area contributed by atoms with Crippen LogP contribution in [0.5, 0.6) is 0 Å². The molecule has 1 amide bonds. The average molecular weight is 178 g/mol. The molecule has 1 heterocycles. The Balaban J connectivity index is 2.47. The molecule has 0 radical (unpaired) electrons. The summed E-state index contributed by atoms with van der Waals surface area (Å²) in [4.78, 5) is 10.9. The summed E-state index contributed by atoms with van der Waals surface area (Å²) < 4.78 is 1.60. The molecule has 1 aromatic rings. The van der Waals surface area contributed by atoms with Crippen LogP contribution < -0.4 is 5.32 Å². The minimum Gasteiger partial charge on any atom is -0.340 e. The molecule has 1 aromatic heterocycles. The fraction of sp³-hybridized carbons (Fsp3) is 0.375. The van der Waals surface area contributed by atoms with Crippen LogP contribution in [0.4, 0.5) is 0 Å². The predicted molar refractivity (Wildman–Crippen MR) is 46.3 cm³/mol. The van der Waals surface area contributed by atoms with E-state index in [1.54, 1.807) is 24.9 Å². The van der Waals surface area contributed by atoms with Gasteiger partial charge in [0.2, 0.25) is 0 Å². The van der Waals surface area contributed by atoms with Gasteiger partial charge in [-0.25, -0.2) is 0 Å². The van der Waals surface area contributed by atoms with Crippen molar-refractivity contribution in [3.8, 4) is 11.8 Å². The molecular formula is C8H10N4O. The number of amides is 1. The maximum absolute atomic E-state index is 10.9. The van der Waals surface area contributed by atoms with Gasteiger partial charge in [-0.2, -0.15) is 0 Å². The molecule has 0 fully saturated rings. The van der Waals surface area contributed by atoms with E-state index in [-0.39, 0.29) is 5.91 Å². The Morgan fingerprint density at radius 2 is 2.54 bits per heavy atom. The van der Waals surface area contributed by atoms with Gasteiger partial charge in [0.1, 0.15) is 0 Å². The van der Waals surface area contributed by atoms with E-state index in [1.807, 2.05) is 0 Å². The smallest absolute Gasteiger partial charge is 0.296 e. The first-order chi connectivity index (χ1) is 6.24. The van der Waals surface area contributed by atoms with E-state index in [4.69, 9.17) is 0 Å². The summed E-state index contributed by atoms with van der Waals surface area (Å²) in [7, 11) is 1.76. The fourth-order valence-electron chi connectivity index (χ4n) is 0.800. The van der Waals surface area contributed by atoms with Crippen LogP contribution in [0.3, 0.4) is 0 Å². The number of carbonyl (C=O) groups excluding carboxylic acids is 1. The van der Waals surface area contributed by atoms with Crippen molar-refractivity contribution in [1.29, 1.82) is 0 Å². The Hall–Kier alpha value is -1.83. The molecule has 0 aliphatic rings. The highest BCUT2D eigenvalue weighted by atomic mass is 16.1. The maximum atomic E-state index is 10.9. The molecule has 0 aliphatic carbocycles. The first-order valence-electron chi connectivity index (χ1n) is 3.78. The minimum atomic E-state index is -0.288. The highest BCUT2D eigenvalue weighted by molar-refractivity contribution is 5.93. The van der Waals surface area contributed by atoms with E-state index >= 15 is 0 Å². The quantitative estimate of drug-likeness (QED) is 0.618. The summed E-state index contributed by atoms with van der Waals surface area (Å²) in [5, 5.41) is 10.0. The first kappa shape index (κ1) is 9.26. The van der Waals surface area contributed by atoms with Gasteiger partial charge < -0.3 is 5.32 Å². The second-order valence-corrected chi connectivity index (χ2v) is 2.41. The average Bonchev–Trinajstić information content (AvgIpc) is 2.48. The molecule has 68 valence electrons. The molecule has 0 bridgehead atoms. The van der Waals surface area contributed by atoms with Crippen LogP contribution in [-0.4, -0.2) is 20.9 Å². The monoisotopic (exact) mass is 178 g/mol. The van der Waals surface area contributed by atoms with Gasteiger partial charge in [-0.1, -0.05) is 11.1 Å². The molecule has 0 saturated carbocycles. The Kier molecular flexibility index (Phi) is 3.03. The second kappa shape index (κ2) is 4.26. The van der Waals surface area contributed by atoms with Crippen molar-refractivity contribution in [2.45, 2.75) is 13.5 Å². The third-order valence-electron chi connectivity index (χ3n) is 1.48. The number of aryl methyl sites for hydroxylation is 1. The van der Waals surface area contributed by atoms with Crippen molar-refractivity contribution in [3.05, 3.63) is 11.9 Å². The number of nitrogens with one attached hydrogen (secondary N) is 1. The third-order valence-corrected chi connectivity index (χ3v) is 1.48. The second-order valence-electron chi connectivity index (χ2n) is 2.41. The van der Waals surface area contributed by atoms with Gasteiger partial charge in [0.25, 0.3) is 5.91 Å². The van der Waals surface area contributed by atoms with Gasteiger partial charge >= 0.3 is 0 Å². The summed E-state index contributed by atoms with van der Waals surface area (Å²) in [5.74, 6) is 4.60. The summed E-state index contributed by atoms with van der Waals surface area (Å²) in [6, 6.07) is 0. The van der Waals surface area contributed by atoms with Gasteiger partial charge in [0, 0.05) is 7.05 Å². The van der Waals surface area contributed by atoms with Crippen molar-refractivity contribution < 1.29 is 4.79 Å². The number of hydrogen-bond donors (Lipinski definition) is 1. The number of carbonyl (C=O) groups is 1. The first-order valence-corrected chi connectivity index (χ1v) is 3.78. The molecule has 1 N–H and O–H groups in total. The van der Waals surface area contributed by atoms with Gasteiger partial charge in [-0.15, -0.1) is 5.10 Å². The van der Waals surface area contributed by atoms with Crippen LogP contribution in [0.15, 0.2) is 6.20 Å². The summed E-state index contributed by atoms with van der Waals surface area (Å²) in [6.45, 7) is 2.02. The lowest BCUT2D eigenvalue weighted by Crippen LogP contribution is -2.22. The molecule has 0 aliphatic heterocycles. The lowest BCUT2D eigenvalue weighted by atomic mass is 10.4. The van der Waals surface area contributed by atoms with Crippen LogP contribution >= 0.6 is 0 Å². The van der Waals surface area contributed by atoms with Crippen molar-refractivity contribution in [2.75, 3.05) is 0 Å². The van der Waals surface area contributed by atoms with Gasteiger partial charge in [0.15, 0.2) is 0 Å². The molecular weight excluding hydrogens is 168 g/mol. The predicted octanol–water partition coefficient (Wildman–Crippen LogP) is -0.545. The van der Waals surface area contributed by atoms with E-state index in [0.29, 0.717) is 6.54 Å². The van der Waals surface area contributed by atoms with Crippen LogP contribution in [0.2, 0.25) is 0 Å². The number of hydrogen-bond acceptors (Lipinski definition) is 3. The van der Waals surface area contributed by atoms with E-state index < -0.39 is 0 Å². The molecule has 0 saturated heterocycles. The minimum absolute atomic E-state index is 0.288. The SMILES string of the molecule is CC#CC(=O)NCc1cnnn1C. The molecule has 0 atom stereocenters. The summed E-state index contributed by atoms with van der Waals surface area (Å²) >= 11 is 0. The maximum Gasteiger partial charge on any atom is 0.296 e. The third kappa shape index (κ3) is 2.60.